The predicted octanol–water partition coefficient (Wildman–Crippen LogP) is 5.17. The molecule has 3 aromatic rings. The number of hydrogen-bond donors (Lipinski definition) is 0. The zero-order valence-electron chi connectivity index (χ0n) is 13.6. The zero-order valence-corrected chi connectivity index (χ0v) is 13.6. The third-order valence-electron chi connectivity index (χ3n) is 4.44. The molecule has 0 N–H and O–H groups in total. The van der Waals surface area contributed by atoms with Crippen LogP contribution >= 0.6 is 0 Å². The molecule has 0 heterocycles. The van der Waals surface area contributed by atoms with Gasteiger partial charge in [-0.3, -0.25) is 10.1 Å². The Morgan fingerprint density at radius 1 is 0.880 bits per heavy atom. The van der Waals surface area contributed by atoms with Crippen molar-refractivity contribution in [3.05, 3.63) is 93.5 Å². The molecule has 0 aliphatic heterocycles. The molecule has 0 radical (unpaired) electrons. The summed E-state index contributed by atoms with van der Waals surface area (Å²) in [5.74, 6) is 0.796. The molecule has 0 atom stereocenters. The van der Waals surface area contributed by atoms with Crippen LogP contribution in [0.5, 0.6) is 5.75 Å². The Bertz CT molecular complexity index is 1000. The van der Waals surface area contributed by atoms with Crippen molar-refractivity contribution in [3.8, 4) is 16.9 Å². The molecule has 0 unspecified atom stereocenters. The Kier molecular flexibility index (Phi) is 3.58. The van der Waals surface area contributed by atoms with Crippen molar-refractivity contribution >= 4 is 17.3 Å². The van der Waals surface area contributed by atoms with Crippen molar-refractivity contribution in [2.45, 2.75) is 0 Å². The zero-order chi connectivity index (χ0) is 17.4. The maximum atomic E-state index is 11.2. The van der Waals surface area contributed by atoms with Crippen LogP contribution in [0.2, 0.25) is 0 Å². The lowest BCUT2D eigenvalue weighted by Gasteiger charge is -2.04. The van der Waals surface area contributed by atoms with Crippen LogP contribution in [0.25, 0.3) is 22.8 Å². The Morgan fingerprint density at radius 2 is 1.56 bits per heavy atom. The van der Waals surface area contributed by atoms with Gasteiger partial charge < -0.3 is 4.74 Å². The standard InChI is InChI=1S/C21H15NO3/c1-25-16-9-6-14(7-10-16)12-20-18-5-3-2-4-17(18)19-11-8-15(22(23)24)13-21(19)20/h2-13H,1H3. The minimum atomic E-state index is -0.353. The van der Waals surface area contributed by atoms with E-state index in [2.05, 4.69) is 18.2 Å². The van der Waals surface area contributed by atoms with E-state index in [0.29, 0.717) is 0 Å². The smallest absolute Gasteiger partial charge is 0.270 e. The highest BCUT2D eigenvalue weighted by Crippen LogP contribution is 2.46. The van der Waals surface area contributed by atoms with E-state index in [1.807, 2.05) is 42.5 Å². The van der Waals surface area contributed by atoms with E-state index in [1.165, 1.54) is 0 Å². The van der Waals surface area contributed by atoms with E-state index in [4.69, 9.17) is 4.74 Å². The number of hydrogen-bond acceptors (Lipinski definition) is 3. The summed E-state index contributed by atoms with van der Waals surface area (Å²) in [5, 5.41) is 11.2. The lowest BCUT2D eigenvalue weighted by Crippen LogP contribution is -1.90. The van der Waals surface area contributed by atoms with Gasteiger partial charge in [0.15, 0.2) is 0 Å². The van der Waals surface area contributed by atoms with E-state index in [1.54, 1.807) is 19.2 Å². The Hall–Kier alpha value is -3.40. The summed E-state index contributed by atoms with van der Waals surface area (Å²) in [5.41, 5.74) is 6.24. The summed E-state index contributed by atoms with van der Waals surface area (Å²) >= 11 is 0. The maximum absolute atomic E-state index is 11.2. The van der Waals surface area contributed by atoms with Gasteiger partial charge in [0.25, 0.3) is 5.69 Å². The van der Waals surface area contributed by atoms with Crippen LogP contribution in [0.1, 0.15) is 16.7 Å². The van der Waals surface area contributed by atoms with Crippen LogP contribution in [0, 0.1) is 10.1 Å². The number of ether oxygens (including phenoxy) is 1. The first-order chi connectivity index (χ1) is 12.2. The van der Waals surface area contributed by atoms with Crippen LogP contribution in [0.4, 0.5) is 5.69 Å². The van der Waals surface area contributed by atoms with E-state index < -0.39 is 0 Å². The number of nitro groups is 1. The number of methoxy groups -OCH3 is 1. The van der Waals surface area contributed by atoms with E-state index in [9.17, 15) is 10.1 Å². The molecule has 1 aliphatic carbocycles. The molecule has 0 saturated heterocycles. The largest absolute Gasteiger partial charge is 0.497 e. The number of nitro benzene ring substituents is 1. The molecule has 4 nitrogen and oxygen atoms in total. The summed E-state index contributed by atoms with van der Waals surface area (Å²) < 4.78 is 5.20. The topological polar surface area (TPSA) is 52.4 Å². The Balaban J connectivity index is 1.90. The van der Waals surface area contributed by atoms with Crippen molar-refractivity contribution < 1.29 is 9.66 Å². The number of nitrogens with zero attached hydrogens (tertiary/aromatic N) is 1. The van der Waals surface area contributed by atoms with Crippen molar-refractivity contribution in [2.75, 3.05) is 7.11 Å². The van der Waals surface area contributed by atoms with Gasteiger partial charge in [-0.15, -0.1) is 0 Å². The second kappa shape index (κ2) is 5.91. The summed E-state index contributed by atoms with van der Waals surface area (Å²) in [6.45, 7) is 0. The number of rotatable bonds is 3. The van der Waals surface area contributed by atoms with E-state index in [0.717, 1.165) is 39.1 Å². The molecule has 0 bridgehead atoms. The number of fused-ring (bicyclic) bond motifs is 3. The van der Waals surface area contributed by atoms with Crippen LogP contribution in [0.15, 0.2) is 66.7 Å². The fourth-order valence-electron chi connectivity index (χ4n) is 3.22. The number of non-ortho nitro benzene ring substituents is 1. The van der Waals surface area contributed by atoms with Gasteiger partial charge in [0.2, 0.25) is 0 Å². The molecule has 25 heavy (non-hydrogen) atoms. The molecular formula is C21H15NO3. The Labute approximate surface area is 145 Å². The molecule has 0 spiro atoms. The second-order valence-corrected chi connectivity index (χ2v) is 5.86. The van der Waals surface area contributed by atoms with Crippen molar-refractivity contribution in [1.82, 2.24) is 0 Å². The molecule has 4 heteroatoms. The van der Waals surface area contributed by atoms with Crippen LogP contribution < -0.4 is 4.74 Å². The summed E-state index contributed by atoms with van der Waals surface area (Å²) in [7, 11) is 1.63. The maximum Gasteiger partial charge on any atom is 0.270 e. The van der Waals surface area contributed by atoms with Gasteiger partial charge in [-0.05, 0) is 57.7 Å². The quantitative estimate of drug-likeness (QED) is 0.385. The van der Waals surface area contributed by atoms with E-state index >= 15 is 0 Å². The van der Waals surface area contributed by atoms with Gasteiger partial charge >= 0.3 is 0 Å². The lowest BCUT2D eigenvalue weighted by molar-refractivity contribution is -0.384. The van der Waals surface area contributed by atoms with Gasteiger partial charge in [-0.2, -0.15) is 0 Å². The first-order valence-electron chi connectivity index (χ1n) is 7.92. The average Bonchev–Trinajstić information content (AvgIpc) is 2.96. The molecule has 3 aromatic carbocycles. The van der Waals surface area contributed by atoms with Crippen molar-refractivity contribution in [2.24, 2.45) is 0 Å². The first kappa shape index (κ1) is 15.1. The lowest BCUT2D eigenvalue weighted by atomic mass is 10.0. The normalized spacial score (nSPS) is 13.4. The molecule has 122 valence electrons. The van der Waals surface area contributed by atoms with Crippen LogP contribution in [-0.2, 0) is 0 Å². The van der Waals surface area contributed by atoms with Gasteiger partial charge in [0.1, 0.15) is 5.75 Å². The number of benzene rings is 3. The van der Waals surface area contributed by atoms with Gasteiger partial charge in [0.05, 0.1) is 12.0 Å². The van der Waals surface area contributed by atoms with Crippen molar-refractivity contribution in [1.29, 1.82) is 0 Å². The van der Waals surface area contributed by atoms with Crippen LogP contribution in [0.3, 0.4) is 0 Å². The minimum Gasteiger partial charge on any atom is -0.497 e. The fraction of sp³-hybridized carbons (Fsp3) is 0.0476. The SMILES string of the molecule is COc1ccc(C=C2c3ccccc3-c3ccc([N+](=O)[O-])cc32)cc1. The van der Waals surface area contributed by atoms with Crippen molar-refractivity contribution in [3.63, 3.8) is 0 Å². The predicted molar refractivity (Wildman–Crippen MR) is 98.5 cm³/mol. The van der Waals surface area contributed by atoms with Gasteiger partial charge in [0, 0.05) is 12.1 Å². The Morgan fingerprint density at radius 3 is 2.24 bits per heavy atom. The molecule has 0 fully saturated rings. The second-order valence-electron chi connectivity index (χ2n) is 5.86. The third kappa shape index (κ3) is 2.58. The van der Waals surface area contributed by atoms with Gasteiger partial charge in [-0.25, -0.2) is 0 Å². The summed E-state index contributed by atoms with van der Waals surface area (Å²) in [4.78, 5) is 10.8. The highest BCUT2D eigenvalue weighted by atomic mass is 16.6. The highest BCUT2D eigenvalue weighted by Gasteiger charge is 2.25. The molecule has 1 aliphatic rings. The average molecular weight is 329 g/mol. The monoisotopic (exact) mass is 329 g/mol. The third-order valence-corrected chi connectivity index (χ3v) is 4.44. The summed E-state index contributed by atoms with van der Waals surface area (Å²) in [6, 6.07) is 20.9. The molecule has 0 amide bonds. The highest BCUT2D eigenvalue weighted by molar-refractivity contribution is 6.06. The summed E-state index contributed by atoms with van der Waals surface area (Å²) in [6.07, 6.45) is 2.06. The minimum absolute atomic E-state index is 0.104. The molecule has 4 rings (SSSR count). The molecule has 0 saturated carbocycles. The molecule has 0 aromatic heterocycles. The fourth-order valence-corrected chi connectivity index (χ4v) is 3.22. The molecular weight excluding hydrogens is 314 g/mol. The van der Waals surface area contributed by atoms with Crippen LogP contribution in [-0.4, -0.2) is 12.0 Å². The van der Waals surface area contributed by atoms with Gasteiger partial charge in [-0.1, -0.05) is 36.4 Å². The first-order valence-corrected chi connectivity index (χ1v) is 7.92. The van der Waals surface area contributed by atoms with E-state index in [-0.39, 0.29) is 10.6 Å².